The second kappa shape index (κ2) is 7.04. The summed E-state index contributed by atoms with van der Waals surface area (Å²) in [5.74, 6) is -0.0325. The number of phenols is 2. The highest BCUT2D eigenvalue weighted by molar-refractivity contribution is 5.94. The number of ketones is 1. The van der Waals surface area contributed by atoms with Gasteiger partial charge < -0.3 is 15.2 Å². The molecule has 3 rings (SSSR count). The summed E-state index contributed by atoms with van der Waals surface area (Å²) in [5, 5.41) is 20.1. The van der Waals surface area contributed by atoms with Crippen LogP contribution in [0.1, 0.15) is 24.0 Å². The molecule has 24 heavy (non-hydrogen) atoms. The summed E-state index contributed by atoms with van der Waals surface area (Å²) in [6, 6.07) is 12.4. The first-order chi connectivity index (χ1) is 11.6. The molecule has 0 amide bonds. The maximum atomic E-state index is 12.0. The normalized spacial score (nSPS) is 11.3. The topological polar surface area (TPSA) is 73.3 Å². The third-order valence-electron chi connectivity index (χ3n) is 4.01. The Bertz CT molecular complexity index is 893. The number of rotatable bonds is 6. The van der Waals surface area contributed by atoms with Gasteiger partial charge in [-0.25, -0.2) is 0 Å². The van der Waals surface area contributed by atoms with Gasteiger partial charge in [-0.1, -0.05) is 18.2 Å². The highest BCUT2D eigenvalue weighted by Gasteiger charge is 2.05. The minimum absolute atomic E-state index is 0.00490. The Balaban J connectivity index is 1.55. The van der Waals surface area contributed by atoms with Crippen LogP contribution >= 0.6 is 0 Å². The molecule has 1 aromatic heterocycles. The highest BCUT2D eigenvalue weighted by atomic mass is 16.3. The van der Waals surface area contributed by atoms with Gasteiger partial charge in [-0.05, 0) is 48.8 Å². The van der Waals surface area contributed by atoms with E-state index < -0.39 is 0 Å². The van der Waals surface area contributed by atoms with Gasteiger partial charge in [0.2, 0.25) is 0 Å². The Morgan fingerprint density at radius 2 is 1.96 bits per heavy atom. The molecule has 0 saturated heterocycles. The molecular weight excluding hydrogens is 302 g/mol. The van der Waals surface area contributed by atoms with Crippen molar-refractivity contribution in [1.82, 2.24) is 4.98 Å². The fourth-order valence-electron chi connectivity index (χ4n) is 2.73. The molecule has 4 nitrogen and oxygen atoms in total. The number of para-hydroxylation sites is 1. The number of aromatic hydroxyl groups is 2. The SMILES string of the molecule is O=C(/C=C/c1ccc(O)cc1O)CCCc1c[nH]c2ccccc12. The van der Waals surface area contributed by atoms with Gasteiger partial charge in [0.05, 0.1) is 0 Å². The van der Waals surface area contributed by atoms with Crippen LogP contribution in [0, 0.1) is 0 Å². The number of aryl methyl sites for hydroxylation is 1. The molecule has 0 unspecified atom stereocenters. The number of H-pyrrole nitrogens is 1. The van der Waals surface area contributed by atoms with Gasteiger partial charge in [0.1, 0.15) is 11.5 Å². The van der Waals surface area contributed by atoms with E-state index in [1.54, 1.807) is 12.1 Å². The van der Waals surface area contributed by atoms with Gasteiger partial charge >= 0.3 is 0 Å². The number of phenolic OH excluding ortho intramolecular Hbond substituents is 2. The molecule has 4 heteroatoms. The summed E-state index contributed by atoms with van der Waals surface area (Å²) in [6.07, 6.45) is 7.11. The third-order valence-corrected chi connectivity index (χ3v) is 4.01. The van der Waals surface area contributed by atoms with Crippen molar-refractivity contribution in [2.45, 2.75) is 19.3 Å². The molecule has 0 saturated carbocycles. The lowest BCUT2D eigenvalue weighted by Crippen LogP contribution is -1.94. The second-order valence-electron chi connectivity index (χ2n) is 5.76. The van der Waals surface area contributed by atoms with E-state index in [2.05, 4.69) is 11.1 Å². The van der Waals surface area contributed by atoms with E-state index in [0.717, 1.165) is 18.4 Å². The van der Waals surface area contributed by atoms with Crippen molar-refractivity contribution in [3.8, 4) is 11.5 Å². The highest BCUT2D eigenvalue weighted by Crippen LogP contribution is 2.24. The molecular formula is C20H19NO3. The van der Waals surface area contributed by atoms with Crippen LogP contribution in [0.15, 0.2) is 54.7 Å². The zero-order chi connectivity index (χ0) is 16.9. The predicted molar refractivity (Wildman–Crippen MR) is 95.0 cm³/mol. The molecule has 3 N–H and O–H groups in total. The third kappa shape index (κ3) is 3.66. The molecule has 1 heterocycles. The predicted octanol–water partition coefficient (Wildman–Crippen LogP) is 4.18. The average molecular weight is 321 g/mol. The molecule has 0 aliphatic heterocycles. The van der Waals surface area contributed by atoms with E-state index >= 15 is 0 Å². The number of aromatic amines is 1. The molecule has 0 fully saturated rings. The zero-order valence-corrected chi connectivity index (χ0v) is 13.2. The van der Waals surface area contributed by atoms with Gasteiger partial charge in [0.15, 0.2) is 5.78 Å². The summed E-state index contributed by atoms with van der Waals surface area (Å²) in [4.78, 5) is 15.2. The van der Waals surface area contributed by atoms with Gasteiger partial charge in [-0.15, -0.1) is 0 Å². The van der Waals surface area contributed by atoms with Crippen LogP contribution in [0.4, 0.5) is 0 Å². The first kappa shape index (κ1) is 15.9. The van der Waals surface area contributed by atoms with Gasteiger partial charge in [0.25, 0.3) is 0 Å². The van der Waals surface area contributed by atoms with Gasteiger partial charge in [-0.3, -0.25) is 4.79 Å². The van der Waals surface area contributed by atoms with Crippen molar-refractivity contribution in [3.63, 3.8) is 0 Å². The molecule has 0 bridgehead atoms. The van der Waals surface area contributed by atoms with E-state index in [9.17, 15) is 15.0 Å². The fraction of sp³-hybridized carbons (Fsp3) is 0.150. The summed E-state index contributed by atoms with van der Waals surface area (Å²) in [5.41, 5.74) is 2.85. The molecule has 0 atom stereocenters. The molecule has 3 aromatic rings. The van der Waals surface area contributed by atoms with Crippen LogP contribution < -0.4 is 0 Å². The van der Waals surface area contributed by atoms with E-state index in [-0.39, 0.29) is 17.3 Å². The lowest BCUT2D eigenvalue weighted by atomic mass is 10.0. The van der Waals surface area contributed by atoms with Crippen LogP contribution in [0.2, 0.25) is 0 Å². The molecule has 122 valence electrons. The Labute approximate surface area is 140 Å². The lowest BCUT2D eigenvalue weighted by Gasteiger charge is -2.00. The number of fused-ring (bicyclic) bond motifs is 1. The van der Waals surface area contributed by atoms with Crippen molar-refractivity contribution < 1.29 is 15.0 Å². The molecule has 0 radical (unpaired) electrons. The fourth-order valence-corrected chi connectivity index (χ4v) is 2.73. The first-order valence-corrected chi connectivity index (χ1v) is 7.91. The number of nitrogens with one attached hydrogen (secondary N) is 1. The van der Waals surface area contributed by atoms with Crippen molar-refractivity contribution in [2.75, 3.05) is 0 Å². The molecule has 0 aliphatic carbocycles. The number of aromatic nitrogens is 1. The summed E-state index contributed by atoms with van der Waals surface area (Å²) >= 11 is 0. The number of benzene rings is 2. The van der Waals surface area contributed by atoms with Gasteiger partial charge in [-0.2, -0.15) is 0 Å². The van der Waals surface area contributed by atoms with Crippen molar-refractivity contribution in [1.29, 1.82) is 0 Å². The summed E-state index contributed by atoms with van der Waals surface area (Å²) in [7, 11) is 0. The minimum Gasteiger partial charge on any atom is -0.508 e. The average Bonchev–Trinajstić information content (AvgIpc) is 2.97. The van der Waals surface area contributed by atoms with Crippen molar-refractivity contribution in [3.05, 3.63) is 65.9 Å². The zero-order valence-electron chi connectivity index (χ0n) is 13.2. The minimum atomic E-state index is -0.0437. The van der Waals surface area contributed by atoms with E-state index in [0.29, 0.717) is 12.0 Å². The van der Waals surface area contributed by atoms with Crippen molar-refractivity contribution >= 4 is 22.8 Å². The number of allylic oxidation sites excluding steroid dienone is 1. The monoisotopic (exact) mass is 321 g/mol. The Hall–Kier alpha value is -3.01. The van der Waals surface area contributed by atoms with E-state index in [4.69, 9.17) is 0 Å². The lowest BCUT2D eigenvalue weighted by molar-refractivity contribution is -0.114. The Kier molecular flexibility index (Phi) is 4.66. The number of carbonyl (C=O) groups excluding carboxylic acids is 1. The van der Waals surface area contributed by atoms with E-state index in [1.807, 2.05) is 24.4 Å². The van der Waals surface area contributed by atoms with Crippen LogP contribution in [-0.2, 0) is 11.2 Å². The molecule has 2 aromatic carbocycles. The van der Waals surface area contributed by atoms with E-state index in [1.165, 1.54) is 29.2 Å². The second-order valence-corrected chi connectivity index (χ2v) is 5.76. The Morgan fingerprint density at radius 1 is 1.12 bits per heavy atom. The van der Waals surface area contributed by atoms with Crippen LogP contribution in [0.3, 0.4) is 0 Å². The standard InChI is InChI=1S/C20H19NO3/c22-16(10-8-14-9-11-17(23)12-20(14)24)5-3-4-15-13-21-19-7-2-1-6-18(15)19/h1-2,6-13,21,23-24H,3-5H2/b10-8+. The quantitative estimate of drug-likeness (QED) is 0.596. The first-order valence-electron chi connectivity index (χ1n) is 7.91. The largest absolute Gasteiger partial charge is 0.508 e. The maximum absolute atomic E-state index is 12.0. The van der Waals surface area contributed by atoms with Crippen molar-refractivity contribution in [2.24, 2.45) is 0 Å². The maximum Gasteiger partial charge on any atom is 0.155 e. The number of hydrogen-bond donors (Lipinski definition) is 3. The number of hydrogen-bond acceptors (Lipinski definition) is 3. The van der Waals surface area contributed by atoms with Crippen LogP contribution in [-0.4, -0.2) is 21.0 Å². The summed E-state index contributed by atoms with van der Waals surface area (Å²) in [6.45, 7) is 0. The molecule has 0 spiro atoms. The van der Waals surface area contributed by atoms with Crippen LogP contribution in [0.25, 0.3) is 17.0 Å². The number of carbonyl (C=O) groups is 1. The summed E-state index contributed by atoms with van der Waals surface area (Å²) < 4.78 is 0. The smallest absolute Gasteiger partial charge is 0.155 e. The van der Waals surface area contributed by atoms with Gasteiger partial charge in [0, 0.05) is 35.2 Å². The molecule has 0 aliphatic rings. The van der Waals surface area contributed by atoms with Crippen LogP contribution in [0.5, 0.6) is 11.5 Å². The Morgan fingerprint density at radius 3 is 2.79 bits per heavy atom.